The first kappa shape index (κ1) is 26.7. The Balaban J connectivity index is 2.70. The Morgan fingerprint density at radius 2 is 0.750 bits per heavy atom. The monoisotopic (exact) mass is 510 g/mol. The highest BCUT2D eigenvalue weighted by Gasteiger charge is 2.41. The van der Waals surface area contributed by atoms with Gasteiger partial charge in [-0.15, -0.1) is 0 Å². The highest BCUT2D eigenvalue weighted by Crippen LogP contribution is 2.40. The average Bonchev–Trinajstić information content (AvgIpc) is 2.75. The fourth-order valence-electron chi connectivity index (χ4n) is 3.31. The molecule has 0 aliphatic carbocycles. The van der Waals surface area contributed by atoms with Crippen LogP contribution in [0.4, 0.5) is 34.1 Å². The van der Waals surface area contributed by atoms with Crippen LogP contribution in [0, 0.1) is 74.5 Å². The quantitative estimate of drug-likeness (QED) is 0.310. The largest absolute Gasteiger partial charge is 0.306 e. The van der Waals surface area contributed by atoms with Crippen LogP contribution in [0.15, 0.2) is 24.3 Å². The van der Waals surface area contributed by atoms with E-state index in [0.717, 1.165) is 24.3 Å². The number of nitro benzene ring substituents is 4. The van der Waals surface area contributed by atoms with Crippen molar-refractivity contribution in [3.05, 3.63) is 96.1 Å². The topological polar surface area (TPSA) is 265 Å². The number of hydrazine groups is 2. The predicted molar refractivity (Wildman–Crippen MR) is 118 cm³/mol. The van der Waals surface area contributed by atoms with E-state index < -0.39 is 77.0 Å². The molecule has 0 bridgehead atoms. The lowest BCUT2D eigenvalue weighted by molar-refractivity contribution is -0.508. The molecule has 0 aromatic heterocycles. The standard InChI is InChI=1S/C16H14N8O12/c1-9-5-11(19(25)26)15(12(6-9)20(27)28)17(23(33)34)3-4-18(24(35)36)16-13(21(29)30)7-10(2)8-14(16)22(31)32/h5-8H,3-4H2,1-2H3. The Kier molecular flexibility index (Phi) is 7.52. The first-order valence-electron chi connectivity index (χ1n) is 9.37. The minimum absolute atomic E-state index is 0.0123. The second kappa shape index (κ2) is 10.1. The summed E-state index contributed by atoms with van der Waals surface area (Å²) in [5.74, 6) is 0. The van der Waals surface area contributed by atoms with Crippen molar-refractivity contribution in [2.45, 2.75) is 13.8 Å². The normalized spacial score (nSPS) is 10.4. The van der Waals surface area contributed by atoms with Gasteiger partial charge < -0.3 is 0 Å². The molecule has 0 heterocycles. The van der Waals surface area contributed by atoms with E-state index in [2.05, 4.69) is 0 Å². The van der Waals surface area contributed by atoms with Gasteiger partial charge in [-0.05, 0) is 25.0 Å². The van der Waals surface area contributed by atoms with Crippen LogP contribution < -0.4 is 10.0 Å². The van der Waals surface area contributed by atoms with Crippen molar-refractivity contribution in [1.82, 2.24) is 0 Å². The molecule has 0 amide bonds. The molecule has 190 valence electrons. The average molecular weight is 510 g/mol. The van der Waals surface area contributed by atoms with Crippen LogP contribution in [0.3, 0.4) is 0 Å². The summed E-state index contributed by atoms with van der Waals surface area (Å²) in [4.78, 5) is 64.9. The predicted octanol–water partition coefficient (Wildman–Crippen LogP) is 2.63. The van der Waals surface area contributed by atoms with Gasteiger partial charge in [0.1, 0.15) is 13.1 Å². The first-order valence-corrected chi connectivity index (χ1v) is 9.37. The number of hydrogen-bond donors (Lipinski definition) is 0. The summed E-state index contributed by atoms with van der Waals surface area (Å²) >= 11 is 0. The first-order chi connectivity index (χ1) is 16.7. The van der Waals surface area contributed by atoms with Gasteiger partial charge in [-0.25, -0.2) is 20.2 Å². The third-order valence-corrected chi connectivity index (χ3v) is 4.65. The van der Waals surface area contributed by atoms with E-state index in [0.29, 0.717) is 0 Å². The Bertz CT molecular complexity index is 1140. The summed E-state index contributed by atoms with van der Waals surface area (Å²) in [6.07, 6.45) is 0. The number of nitrogens with zero attached hydrogens (tertiary/aromatic N) is 8. The zero-order valence-corrected chi connectivity index (χ0v) is 18.2. The molecule has 0 aliphatic rings. The fraction of sp³-hybridized carbons (Fsp3) is 0.250. The molecule has 2 aromatic carbocycles. The molecule has 0 spiro atoms. The van der Waals surface area contributed by atoms with Crippen LogP contribution >= 0.6 is 0 Å². The third kappa shape index (κ3) is 5.32. The molecule has 0 atom stereocenters. The Labute approximate surface area is 197 Å². The zero-order chi connectivity index (χ0) is 27.5. The van der Waals surface area contributed by atoms with Crippen LogP contribution in [-0.2, 0) is 0 Å². The van der Waals surface area contributed by atoms with Gasteiger partial charge in [-0.1, -0.05) is 10.0 Å². The highest BCUT2D eigenvalue weighted by molar-refractivity contribution is 5.76. The molecule has 0 N–H and O–H groups in total. The van der Waals surface area contributed by atoms with E-state index in [1.165, 1.54) is 13.8 Å². The zero-order valence-electron chi connectivity index (χ0n) is 18.2. The van der Waals surface area contributed by atoms with E-state index in [1.807, 2.05) is 0 Å². The summed E-state index contributed by atoms with van der Waals surface area (Å²) in [6, 6.07) is 3.22. The van der Waals surface area contributed by atoms with Crippen LogP contribution in [0.1, 0.15) is 11.1 Å². The number of aryl methyl sites for hydroxylation is 2. The van der Waals surface area contributed by atoms with E-state index in [1.54, 1.807) is 0 Å². The molecule has 0 aliphatic heterocycles. The van der Waals surface area contributed by atoms with Crippen molar-refractivity contribution in [2.24, 2.45) is 0 Å². The number of benzene rings is 2. The molecule has 20 nitrogen and oxygen atoms in total. The second-order valence-electron chi connectivity index (χ2n) is 7.05. The van der Waals surface area contributed by atoms with Gasteiger partial charge >= 0.3 is 22.7 Å². The van der Waals surface area contributed by atoms with Gasteiger partial charge in [0.05, 0.1) is 19.7 Å². The van der Waals surface area contributed by atoms with Crippen LogP contribution in [0.25, 0.3) is 0 Å². The van der Waals surface area contributed by atoms with Gasteiger partial charge in [-0.3, -0.25) is 40.5 Å². The van der Waals surface area contributed by atoms with E-state index >= 15 is 0 Å². The summed E-state index contributed by atoms with van der Waals surface area (Å²) < 4.78 is 0. The van der Waals surface area contributed by atoms with Crippen LogP contribution in [0.2, 0.25) is 0 Å². The molecular weight excluding hydrogens is 496 g/mol. The minimum atomic E-state index is -1.30. The van der Waals surface area contributed by atoms with Crippen molar-refractivity contribution in [3.8, 4) is 0 Å². The number of hydrogen-bond acceptors (Lipinski definition) is 12. The highest BCUT2D eigenvalue weighted by atomic mass is 16.7. The fourth-order valence-corrected chi connectivity index (χ4v) is 3.31. The van der Waals surface area contributed by atoms with Gasteiger partial charge in [0, 0.05) is 24.3 Å². The summed E-state index contributed by atoms with van der Waals surface area (Å²) in [7, 11) is 0. The lowest BCUT2D eigenvalue weighted by Crippen LogP contribution is -2.42. The molecule has 2 aromatic rings. The van der Waals surface area contributed by atoms with Gasteiger partial charge in [0.15, 0.2) is 10.1 Å². The molecule has 0 fully saturated rings. The lowest BCUT2D eigenvalue weighted by Gasteiger charge is -2.18. The van der Waals surface area contributed by atoms with Crippen LogP contribution in [-0.4, -0.2) is 42.8 Å². The summed E-state index contributed by atoms with van der Waals surface area (Å²) in [5, 5.41) is 66.5. The van der Waals surface area contributed by atoms with Crippen LogP contribution in [0.5, 0.6) is 0 Å². The van der Waals surface area contributed by atoms with Crippen molar-refractivity contribution in [2.75, 3.05) is 23.1 Å². The molecule has 0 unspecified atom stereocenters. The Hall–Kier alpha value is -5.56. The van der Waals surface area contributed by atoms with Crippen molar-refractivity contribution < 1.29 is 29.8 Å². The summed E-state index contributed by atoms with van der Waals surface area (Å²) in [6.45, 7) is 0.149. The smallest absolute Gasteiger partial charge is 0.258 e. The van der Waals surface area contributed by atoms with E-state index in [-0.39, 0.29) is 21.1 Å². The Morgan fingerprint density at radius 3 is 0.917 bits per heavy atom. The maximum Gasteiger partial charge on any atom is 0.306 e. The molecule has 0 radical (unpaired) electrons. The molecule has 36 heavy (non-hydrogen) atoms. The number of anilines is 2. The Morgan fingerprint density at radius 1 is 0.528 bits per heavy atom. The van der Waals surface area contributed by atoms with Gasteiger partial charge in [0.25, 0.3) is 11.4 Å². The van der Waals surface area contributed by atoms with Crippen molar-refractivity contribution in [3.63, 3.8) is 0 Å². The maximum atomic E-state index is 11.7. The van der Waals surface area contributed by atoms with E-state index in [4.69, 9.17) is 0 Å². The SMILES string of the molecule is Cc1cc([N+](=O)[O-])c(N(CCN(c2c([N+](=O)[O-])cc(C)cc2[N+](=O)[O-])[N+](=O)[O-])[N+](=O)[O-])c([N+](=O)[O-])c1. The van der Waals surface area contributed by atoms with Gasteiger partial charge in [-0.2, -0.15) is 0 Å². The maximum absolute atomic E-state index is 11.7. The number of rotatable bonds is 11. The summed E-state index contributed by atoms with van der Waals surface area (Å²) in [5.41, 5.74) is -6.43. The molecule has 20 heteroatoms. The van der Waals surface area contributed by atoms with Crippen molar-refractivity contribution in [1.29, 1.82) is 0 Å². The van der Waals surface area contributed by atoms with Crippen molar-refractivity contribution >= 4 is 34.1 Å². The number of nitro groups is 6. The minimum Gasteiger partial charge on any atom is -0.258 e. The third-order valence-electron chi connectivity index (χ3n) is 4.65. The van der Waals surface area contributed by atoms with E-state index in [9.17, 15) is 60.7 Å². The molecule has 0 saturated carbocycles. The molecule has 0 saturated heterocycles. The lowest BCUT2D eigenvalue weighted by atomic mass is 10.1. The van der Waals surface area contributed by atoms with Gasteiger partial charge in [0.2, 0.25) is 0 Å². The second-order valence-corrected chi connectivity index (χ2v) is 7.05. The molecular formula is C16H14N8O12. The molecule has 2 rings (SSSR count).